The number of aryl methyl sites for hydroxylation is 1. The Morgan fingerprint density at radius 3 is 2.68 bits per heavy atom. The van der Waals surface area contributed by atoms with Crippen molar-refractivity contribution in [3.05, 3.63) is 54.2 Å². The lowest BCUT2D eigenvalue weighted by Crippen LogP contribution is -2.45. The number of nitrogens with zero attached hydrogens (tertiary/aromatic N) is 5. The number of fused-ring (bicyclic) bond motifs is 1. The summed E-state index contributed by atoms with van der Waals surface area (Å²) in [6, 6.07) is 14.5. The van der Waals surface area contributed by atoms with Gasteiger partial charge in [-0.25, -0.2) is 4.99 Å². The Kier molecular flexibility index (Phi) is 5.84. The molecule has 1 spiro atoms. The summed E-state index contributed by atoms with van der Waals surface area (Å²) in [5.74, 6) is 0.515. The zero-order valence-electron chi connectivity index (χ0n) is 21.1. The first-order valence-corrected chi connectivity index (χ1v) is 12.8. The van der Waals surface area contributed by atoms with Gasteiger partial charge in [0.25, 0.3) is 11.8 Å². The van der Waals surface area contributed by atoms with Crippen molar-refractivity contribution < 1.29 is 19.4 Å². The summed E-state index contributed by atoms with van der Waals surface area (Å²) in [7, 11) is 1.93. The van der Waals surface area contributed by atoms with Gasteiger partial charge in [0.2, 0.25) is 0 Å². The molecule has 0 aliphatic carbocycles. The minimum atomic E-state index is -1.01. The summed E-state index contributed by atoms with van der Waals surface area (Å²) in [5.41, 5.74) is 3.29. The van der Waals surface area contributed by atoms with E-state index < -0.39 is 11.6 Å². The molecular weight excluding hydrogens is 470 g/mol. The molecule has 1 N–H and O–H groups in total. The topological polar surface area (TPSA) is 100 Å². The van der Waals surface area contributed by atoms with E-state index in [4.69, 9.17) is 9.73 Å². The molecule has 0 bridgehead atoms. The zero-order chi connectivity index (χ0) is 25.7. The Bertz CT molecular complexity index is 1390. The predicted molar refractivity (Wildman–Crippen MR) is 139 cm³/mol. The summed E-state index contributed by atoms with van der Waals surface area (Å²) < 4.78 is 7.46. The largest absolute Gasteiger partial charge is 0.384 e. The van der Waals surface area contributed by atoms with Crippen molar-refractivity contribution in [1.82, 2.24) is 19.6 Å². The number of aliphatic hydroxyl groups excluding tert-OH is 1. The van der Waals surface area contributed by atoms with Crippen LogP contribution in [0.3, 0.4) is 0 Å². The average molecular weight is 502 g/mol. The molecule has 0 saturated carbocycles. The van der Waals surface area contributed by atoms with Gasteiger partial charge in [0.15, 0.2) is 5.54 Å². The Balaban J connectivity index is 1.26. The van der Waals surface area contributed by atoms with Gasteiger partial charge >= 0.3 is 0 Å². The van der Waals surface area contributed by atoms with Crippen molar-refractivity contribution in [2.24, 2.45) is 18.0 Å². The zero-order valence-corrected chi connectivity index (χ0v) is 21.1. The van der Waals surface area contributed by atoms with Crippen molar-refractivity contribution in [2.45, 2.75) is 31.4 Å². The van der Waals surface area contributed by atoms with Gasteiger partial charge in [-0.15, -0.1) is 0 Å². The van der Waals surface area contributed by atoms with E-state index in [0.717, 1.165) is 34.0 Å². The Morgan fingerprint density at radius 1 is 1.19 bits per heavy atom. The molecule has 4 heterocycles. The molecule has 9 heteroatoms. The number of benzene rings is 2. The van der Waals surface area contributed by atoms with Gasteiger partial charge < -0.3 is 14.7 Å². The van der Waals surface area contributed by atoms with Gasteiger partial charge in [0.1, 0.15) is 11.9 Å². The molecule has 192 valence electrons. The van der Waals surface area contributed by atoms with Gasteiger partial charge in [-0.1, -0.05) is 30.3 Å². The standard InChI is InChI=1S/C28H31N5O4/c1-18(34)26(35)32-11-9-19(15-32)16-33-25(30-28(27(33)36)10-12-37-17-28)21-5-3-20(4-6-21)22-7-8-24-23(13-22)14-29-31(24)2/h3-8,13-14,18-19,34H,9-12,15-17H2,1-2H3/t18?,19-,28?/m1/s1. The van der Waals surface area contributed by atoms with Gasteiger partial charge in [-0.2, -0.15) is 5.10 Å². The van der Waals surface area contributed by atoms with E-state index in [0.29, 0.717) is 45.1 Å². The number of aliphatic imine (C=N–C) groups is 1. The van der Waals surface area contributed by atoms with E-state index >= 15 is 0 Å². The lowest BCUT2D eigenvalue weighted by molar-refractivity contribution is -0.138. The fourth-order valence-electron chi connectivity index (χ4n) is 5.72. The molecule has 2 aromatic carbocycles. The van der Waals surface area contributed by atoms with Gasteiger partial charge in [-0.05, 0) is 42.5 Å². The lowest BCUT2D eigenvalue weighted by Gasteiger charge is -2.25. The molecule has 6 rings (SSSR count). The van der Waals surface area contributed by atoms with Crippen LogP contribution in [0.25, 0.3) is 22.0 Å². The first-order valence-electron chi connectivity index (χ1n) is 12.8. The molecule has 37 heavy (non-hydrogen) atoms. The van der Waals surface area contributed by atoms with Crippen LogP contribution in [0.4, 0.5) is 0 Å². The third kappa shape index (κ3) is 4.12. The second-order valence-corrected chi connectivity index (χ2v) is 10.4. The number of carbonyl (C=O) groups is 2. The van der Waals surface area contributed by atoms with Gasteiger partial charge in [0, 0.05) is 50.7 Å². The van der Waals surface area contributed by atoms with Crippen LogP contribution in [-0.4, -0.2) is 86.8 Å². The van der Waals surface area contributed by atoms with Crippen LogP contribution in [0, 0.1) is 5.92 Å². The lowest BCUT2D eigenvalue weighted by atomic mass is 9.98. The molecule has 0 radical (unpaired) electrons. The highest BCUT2D eigenvalue weighted by molar-refractivity contribution is 6.15. The number of amidine groups is 1. The number of amides is 2. The summed E-state index contributed by atoms with van der Waals surface area (Å²) in [4.78, 5) is 34.3. The number of rotatable bonds is 5. The maximum atomic E-state index is 13.6. The third-order valence-corrected chi connectivity index (χ3v) is 7.84. The van der Waals surface area contributed by atoms with E-state index in [1.807, 2.05) is 30.1 Å². The highest BCUT2D eigenvalue weighted by Gasteiger charge is 2.51. The van der Waals surface area contributed by atoms with Crippen LogP contribution in [0.2, 0.25) is 0 Å². The highest BCUT2D eigenvalue weighted by atomic mass is 16.5. The van der Waals surface area contributed by atoms with Crippen molar-refractivity contribution in [1.29, 1.82) is 0 Å². The van der Waals surface area contributed by atoms with Crippen LogP contribution in [0.5, 0.6) is 0 Å². The van der Waals surface area contributed by atoms with Crippen LogP contribution in [-0.2, 0) is 21.4 Å². The summed E-state index contributed by atoms with van der Waals surface area (Å²) in [5, 5.41) is 15.1. The molecule has 1 aromatic heterocycles. The molecule has 9 nitrogen and oxygen atoms in total. The SMILES string of the molecule is CC(O)C(=O)N1CC[C@@H](CN2C(=O)C3(CCOC3)N=C2c2ccc(-c3ccc4c(cnn4C)c3)cc2)C1. The van der Waals surface area contributed by atoms with Crippen molar-refractivity contribution in [3.8, 4) is 11.1 Å². The van der Waals surface area contributed by atoms with E-state index in [9.17, 15) is 14.7 Å². The number of carbonyl (C=O) groups excluding carboxylic acids is 2. The quantitative estimate of drug-likeness (QED) is 0.578. The van der Waals surface area contributed by atoms with E-state index in [1.54, 1.807) is 9.80 Å². The molecule has 2 amide bonds. The molecule has 3 aliphatic heterocycles. The molecule has 3 atom stereocenters. The summed E-state index contributed by atoms with van der Waals surface area (Å²) >= 11 is 0. The monoisotopic (exact) mass is 501 g/mol. The van der Waals surface area contributed by atoms with Crippen LogP contribution >= 0.6 is 0 Å². The van der Waals surface area contributed by atoms with Gasteiger partial charge in [-0.3, -0.25) is 19.2 Å². The molecule has 2 fully saturated rings. The second-order valence-electron chi connectivity index (χ2n) is 10.4. The number of hydrogen-bond acceptors (Lipinski definition) is 6. The number of aromatic nitrogens is 2. The molecule has 2 unspecified atom stereocenters. The molecular formula is C28H31N5O4. The minimum Gasteiger partial charge on any atom is -0.384 e. The maximum absolute atomic E-state index is 13.6. The van der Waals surface area contributed by atoms with Crippen LogP contribution in [0.15, 0.2) is 53.7 Å². The van der Waals surface area contributed by atoms with Gasteiger partial charge in [0.05, 0.1) is 18.3 Å². The first kappa shape index (κ1) is 23.8. The fraction of sp³-hybridized carbons (Fsp3) is 0.429. The smallest absolute Gasteiger partial charge is 0.258 e. The number of ether oxygens (including phenoxy) is 1. The van der Waals surface area contributed by atoms with Crippen LogP contribution in [0.1, 0.15) is 25.3 Å². The van der Waals surface area contributed by atoms with E-state index in [-0.39, 0.29) is 17.7 Å². The summed E-state index contributed by atoms with van der Waals surface area (Å²) in [6.45, 7) is 3.92. The molecule has 3 aromatic rings. The second kappa shape index (κ2) is 9.08. The Labute approximate surface area is 215 Å². The number of hydrogen-bond donors (Lipinski definition) is 1. The average Bonchev–Trinajstić information content (AvgIpc) is 3.70. The van der Waals surface area contributed by atoms with Crippen LogP contribution < -0.4 is 0 Å². The van der Waals surface area contributed by atoms with Crippen molar-refractivity contribution in [3.63, 3.8) is 0 Å². The maximum Gasteiger partial charge on any atom is 0.258 e. The summed E-state index contributed by atoms with van der Waals surface area (Å²) in [6.07, 6.45) is 2.22. The molecule has 3 aliphatic rings. The Hall–Kier alpha value is -3.56. The fourth-order valence-corrected chi connectivity index (χ4v) is 5.72. The molecule has 2 saturated heterocycles. The minimum absolute atomic E-state index is 0.0218. The predicted octanol–water partition coefficient (Wildman–Crippen LogP) is 2.22. The highest BCUT2D eigenvalue weighted by Crippen LogP contribution is 2.35. The Morgan fingerprint density at radius 2 is 1.95 bits per heavy atom. The number of aliphatic hydroxyl groups is 1. The third-order valence-electron chi connectivity index (χ3n) is 7.84. The first-order chi connectivity index (χ1) is 17.8. The van der Waals surface area contributed by atoms with E-state index in [2.05, 4.69) is 35.4 Å². The normalized spacial score (nSPS) is 24.5. The van der Waals surface area contributed by atoms with Crippen molar-refractivity contribution in [2.75, 3.05) is 32.8 Å². The van der Waals surface area contributed by atoms with E-state index in [1.165, 1.54) is 6.92 Å². The number of likely N-dealkylation sites (tertiary alicyclic amines) is 1. The van der Waals surface area contributed by atoms with Crippen molar-refractivity contribution >= 4 is 28.6 Å².